The number of carbonyl (C=O) groups is 1. The van der Waals surface area contributed by atoms with Gasteiger partial charge in [-0.05, 0) is 30.5 Å². The highest BCUT2D eigenvalue weighted by Crippen LogP contribution is 2.26. The van der Waals surface area contributed by atoms with Crippen molar-refractivity contribution in [2.24, 2.45) is 0 Å². The molecule has 0 aliphatic heterocycles. The summed E-state index contributed by atoms with van der Waals surface area (Å²) in [5.41, 5.74) is 0.936. The second kappa shape index (κ2) is 6.61. The molecule has 0 radical (unpaired) electrons. The number of aromatic hydroxyl groups is 1. The zero-order valence-electron chi connectivity index (χ0n) is 12.1. The fraction of sp³-hybridized carbons (Fsp3) is 0.533. The minimum Gasteiger partial charge on any atom is -0.504 e. The van der Waals surface area contributed by atoms with Gasteiger partial charge in [-0.2, -0.15) is 0 Å². The van der Waals surface area contributed by atoms with Crippen LogP contribution in [0, 0.1) is 0 Å². The Kier molecular flexibility index (Phi) is 4.84. The van der Waals surface area contributed by atoms with Crippen molar-refractivity contribution in [2.75, 3.05) is 20.7 Å². The molecule has 1 aliphatic rings. The number of benzene rings is 1. The molecule has 1 saturated carbocycles. The third-order valence-electron chi connectivity index (χ3n) is 3.44. The zero-order valence-corrected chi connectivity index (χ0v) is 12.1. The highest BCUT2D eigenvalue weighted by molar-refractivity contribution is 5.76. The van der Waals surface area contributed by atoms with Gasteiger partial charge in [-0.3, -0.25) is 4.79 Å². The summed E-state index contributed by atoms with van der Waals surface area (Å²) in [6, 6.07) is 5.77. The molecule has 20 heavy (non-hydrogen) atoms. The molecule has 0 spiro atoms. The summed E-state index contributed by atoms with van der Waals surface area (Å²) in [6.07, 6.45) is 2.98. The predicted octanol–water partition coefficient (Wildman–Crippen LogP) is 1.50. The first-order valence-corrected chi connectivity index (χ1v) is 6.93. The Labute approximate surface area is 119 Å². The number of nitrogens with zero attached hydrogens (tertiary/aromatic N) is 1. The van der Waals surface area contributed by atoms with Crippen LogP contribution in [0.2, 0.25) is 0 Å². The van der Waals surface area contributed by atoms with Crippen LogP contribution in [-0.2, 0) is 11.3 Å². The Morgan fingerprint density at radius 1 is 1.50 bits per heavy atom. The zero-order chi connectivity index (χ0) is 14.5. The van der Waals surface area contributed by atoms with Crippen LogP contribution < -0.4 is 10.1 Å². The van der Waals surface area contributed by atoms with Crippen LogP contribution in [0.4, 0.5) is 0 Å². The molecule has 1 aromatic carbocycles. The molecule has 5 nitrogen and oxygen atoms in total. The number of ether oxygens (including phenoxy) is 1. The summed E-state index contributed by atoms with van der Waals surface area (Å²) in [7, 11) is 3.30. The minimum absolute atomic E-state index is 0.110. The van der Waals surface area contributed by atoms with Crippen LogP contribution in [0.5, 0.6) is 11.5 Å². The van der Waals surface area contributed by atoms with Gasteiger partial charge in [-0.25, -0.2) is 0 Å². The maximum absolute atomic E-state index is 12.0. The fourth-order valence-corrected chi connectivity index (χ4v) is 2.04. The largest absolute Gasteiger partial charge is 0.504 e. The van der Waals surface area contributed by atoms with Gasteiger partial charge in [0.25, 0.3) is 0 Å². The van der Waals surface area contributed by atoms with Crippen molar-refractivity contribution in [3.8, 4) is 11.5 Å². The Bertz CT molecular complexity index is 472. The third-order valence-corrected chi connectivity index (χ3v) is 3.44. The molecule has 1 aliphatic carbocycles. The van der Waals surface area contributed by atoms with Gasteiger partial charge in [0, 0.05) is 32.6 Å². The van der Waals surface area contributed by atoms with Crippen LogP contribution in [-0.4, -0.2) is 42.7 Å². The number of methoxy groups -OCH3 is 1. The minimum atomic E-state index is 0.110. The molecule has 0 saturated heterocycles. The lowest BCUT2D eigenvalue weighted by Crippen LogP contribution is -2.30. The number of carbonyl (C=O) groups excluding carboxylic acids is 1. The smallest absolute Gasteiger partial charge is 0.223 e. The molecule has 5 heteroatoms. The fourth-order valence-electron chi connectivity index (χ4n) is 2.04. The van der Waals surface area contributed by atoms with E-state index in [1.54, 1.807) is 30.1 Å². The molecule has 0 atom stereocenters. The number of phenols is 1. The van der Waals surface area contributed by atoms with Gasteiger partial charge in [0.05, 0.1) is 7.11 Å². The van der Waals surface area contributed by atoms with Crippen LogP contribution in [0.3, 0.4) is 0 Å². The molecule has 2 N–H and O–H groups in total. The monoisotopic (exact) mass is 278 g/mol. The van der Waals surface area contributed by atoms with Gasteiger partial charge in [-0.1, -0.05) is 6.07 Å². The number of hydrogen-bond donors (Lipinski definition) is 2. The first kappa shape index (κ1) is 14.7. The molecule has 1 amide bonds. The molecule has 1 fully saturated rings. The highest BCUT2D eigenvalue weighted by atomic mass is 16.5. The first-order chi connectivity index (χ1) is 9.60. The van der Waals surface area contributed by atoms with E-state index in [0.29, 0.717) is 24.8 Å². The van der Waals surface area contributed by atoms with Crippen LogP contribution in [0.25, 0.3) is 0 Å². The molecule has 1 aromatic rings. The summed E-state index contributed by atoms with van der Waals surface area (Å²) in [6.45, 7) is 1.26. The lowest BCUT2D eigenvalue weighted by atomic mass is 10.2. The van der Waals surface area contributed by atoms with Crippen molar-refractivity contribution in [3.63, 3.8) is 0 Å². The summed E-state index contributed by atoms with van der Waals surface area (Å²) >= 11 is 0. The van der Waals surface area contributed by atoms with Crippen molar-refractivity contribution in [2.45, 2.75) is 31.8 Å². The molecule has 0 unspecified atom stereocenters. The van der Waals surface area contributed by atoms with E-state index in [2.05, 4.69) is 5.32 Å². The molecule has 0 heterocycles. The van der Waals surface area contributed by atoms with E-state index < -0.39 is 0 Å². The highest BCUT2D eigenvalue weighted by Gasteiger charge is 2.20. The van der Waals surface area contributed by atoms with E-state index in [-0.39, 0.29) is 11.7 Å². The summed E-state index contributed by atoms with van der Waals surface area (Å²) in [5.74, 6) is 0.655. The Morgan fingerprint density at radius 3 is 2.90 bits per heavy atom. The second-order valence-electron chi connectivity index (χ2n) is 5.23. The molecular weight excluding hydrogens is 256 g/mol. The number of amides is 1. The topological polar surface area (TPSA) is 61.8 Å². The standard InChI is InChI=1S/C15H22N2O3/c1-17(15(19)7-8-16-12-4-5-12)10-11-3-6-13(18)14(9-11)20-2/h3,6,9,12,16,18H,4-5,7-8,10H2,1-2H3. The molecule has 0 aromatic heterocycles. The number of hydrogen-bond acceptors (Lipinski definition) is 4. The van der Waals surface area contributed by atoms with E-state index in [1.165, 1.54) is 20.0 Å². The van der Waals surface area contributed by atoms with E-state index in [0.717, 1.165) is 12.1 Å². The van der Waals surface area contributed by atoms with Gasteiger partial charge < -0.3 is 20.1 Å². The van der Waals surface area contributed by atoms with Gasteiger partial charge in [-0.15, -0.1) is 0 Å². The van der Waals surface area contributed by atoms with E-state index >= 15 is 0 Å². The van der Waals surface area contributed by atoms with Crippen LogP contribution in [0.15, 0.2) is 18.2 Å². The first-order valence-electron chi connectivity index (χ1n) is 6.93. The summed E-state index contributed by atoms with van der Waals surface area (Å²) < 4.78 is 5.06. The Balaban J connectivity index is 1.82. The van der Waals surface area contributed by atoms with E-state index in [4.69, 9.17) is 4.74 Å². The Morgan fingerprint density at radius 2 is 2.25 bits per heavy atom. The summed E-state index contributed by atoms with van der Waals surface area (Å²) in [4.78, 5) is 13.7. The second-order valence-corrected chi connectivity index (χ2v) is 5.23. The lowest BCUT2D eigenvalue weighted by Gasteiger charge is -2.18. The number of nitrogens with one attached hydrogen (secondary N) is 1. The van der Waals surface area contributed by atoms with Gasteiger partial charge >= 0.3 is 0 Å². The van der Waals surface area contributed by atoms with E-state index in [9.17, 15) is 9.90 Å². The number of phenolic OH excluding ortho intramolecular Hbond substituents is 1. The van der Waals surface area contributed by atoms with Crippen LogP contribution in [0.1, 0.15) is 24.8 Å². The van der Waals surface area contributed by atoms with Crippen molar-refractivity contribution in [1.29, 1.82) is 0 Å². The van der Waals surface area contributed by atoms with Gasteiger partial charge in [0.15, 0.2) is 11.5 Å². The van der Waals surface area contributed by atoms with Crippen molar-refractivity contribution < 1.29 is 14.6 Å². The maximum atomic E-state index is 12.0. The molecule has 2 rings (SSSR count). The van der Waals surface area contributed by atoms with Crippen LogP contribution >= 0.6 is 0 Å². The SMILES string of the molecule is COc1cc(CN(C)C(=O)CCNC2CC2)ccc1O. The molecular formula is C15H22N2O3. The quantitative estimate of drug-likeness (QED) is 0.793. The molecule has 110 valence electrons. The average Bonchev–Trinajstić information content (AvgIpc) is 3.24. The molecule has 0 bridgehead atoms. The van der Waals surface area contributed by atoms with Gasteiger partial charge in [0.1, 0.15) is 0 Å². The predicted molar refractivity (Wildman–Crippen MR) is 76.8 cm³/mol. The number of rotatable bonds is 7. The normalized spacial score (nSPS) is 14.1. The van der Waals surface area contributed by atoms with Crippen molar-refractivity contribution in [1.82, 2.24) is 10.2 Å². The third kappa shape index (κ3) is 4.13. The van der Waals surface area contributed by atoms with Crippen molar-refractivity contribution in [3.05, 3.63) is 23.8 Å². The van der Waals surface area contributed by atoms with E-state index in [1.807, 2.05) is 0 Å². The lowest BCUT2D eigenvalue weighted by molar-refractivity contribution is -0.130. The summed E-state index contributed by atoms with van der Waals surface area (Å²) in [5, 5.41) is 12.9. The Hall–Kier alpha value is -1.75. The van der Waals surface area contributed by atoms with Crippen molar-refractivity contribution >= 4 is 5.91 Å². The maximum Gasteiger partial charge on any atom is 0.223 e. The average molecular weight is 278 g/mol. The van der Waals surface area contributed by atoms with Gasteiger partial charge in [0.2, 0.25) is 5.91 Å².